The van der Waals surface area contributed by atoms with E-state index < -0.39 is 0 Å². The summed E-state index contributed by atoms with van der Waals surface area (Å²) in [6.45, 7) is 14.1. The predicted octanol–water partition coefficient (Wildman–Crippen LogP) is 2.26. The number of hydrogen-bond donors (Lipinski definition) is 0. The van der Waals surface area contributed by atoms with Crippen molar-refractivity contribution in [3.8, 4) is 0 Å². The average Bonchev–Trinajstić information content (AvgIpc) is 1.84. The van der Waals surface area contributed by atoms with E-state index in [9.17, 15) is 0 Å². The smallest absolute Gasteiger partial charge is 0.144 e. The second kappa shape index (κ2) is 4.53. The zero-order chi connectivity index (χ0) is 9.02. The maximum Gasteiger partial charge on any atom is 0.144 e. The molecule has 0 bridgehead atoms. The Balaban J connectivity index is 3.82. The van der Waals surface area contributed by atoms with Crippen LogP contribution in [0.4, 0.5) is 0 Å². The third kappa shape index (κ3) is 4.18. The fourth-order valence-electron chi connectivity index (χ4n) is 1.31. The topological polar surface area (TPSA) is 3.01 Å². The van der Waals surface area contributed by atoms with Gasteiger partial charge in [-0.2, -0.15) is 0 Å². The van der Waals surface area contributed by atoms with E-state index in [-0.39, 0.29) is 0 Å². The van der Waals surface area contributed by atoms with E-state index in [1.54, 1.807) is 0 Å². The van der Waals surface area contributed by atoms with Crippen molar-refractivity contribution in [2.75, 3.05) is 13.6 Å². The van der Waals surface area contributed by atoms with E-state index in [0.717, 1.165) is 24.3 Å². The van der Waals surface area contributed by atoms with E-state index in [2.05, 4.69) is 34.4 Å². The van der Waals surface area contributed by atoms with Crippen molar-refractivity contribution in [1.82, 2.24) is 0 Å². The molecule has 0 saturated heterocycles. The van der Waals surface area contributed by atoms with Crippen LogP contribution < -0.4 is 0 Å². The highest BCUT2D eigenvalue weighted by atomic mass is 14.9. The maximum absolute atomic E-state index is 3.85. The fourth-order valence-corrected chi connectivity index (χ4v) is 1.31. The highest BCUT2D eigenvalue weighted by Gasteiger charge is 2.18. The van der Waals surface area contributed by atoms with E-state index >= 15 is 0 Å². The Bertz CT molecular complexity index is 127. The van der Waals surface area contributed by atoms with Crippen molar-refractivity contribution in [3.63, 3.8) is 0 Å². The molecule has 0 saturated carbocycles. The van der Waals surface area contributed by atoms with Crippen LogP contribution in [0, 0.1) is 17.8 Å². The summed E-state index contributed by atoms with van der Waals surface area (Å²) in [6, 6.07) is 0. The zero-order valence-corrected chi connectivity index (χ0v) is 8.59. The molecule has 2 atom stereocenters. The van der Waals surface area contributed by atoms with Gasteiger partial charge in [0.2, 0.25) is 0 Å². The standard InChI is InChI=1S/C10H22N/c1-8(2)10(4)9(3)7-11(5)6/h8-10H,5,7H2,1-4,6H3/q+1/t9-,10+/m1/s1. The zero-order valence-electron chi connectivity index (χ0n) is 8.59. The van der Waals surface area contributed by atoms with Gasteiger partial charge in [0.15, 0.2) is 0 Å². The van der Waals surface area contributed by atoms with E-state index in [4.69, 9.17) is 0 Å². The minimum atomic E-state index is 0.748. The van der Waals surface area contributed by atoms with Crippen LogP contribution in [0.15, 0.2) is 0 Å². The van der Waals surface area contributed by atoms with Crippen LogP contribution in [0.5, 0.6) is 0 Å². The molecule has 0 unspecified atom stereocenters. The molecule has 0 amide bonds. The highest BCUT2D eigenvalue weighted by Crippen LogP contribution is 2.19. The first kappa shape index (κ1) is 10.7. The molecule has 0 spiro atoms. The molecule has 0 fully saturated rings. The first-order chi connectivity index (χ1) is 4.95. The molecule has 1 nitrogen and oxygen atoms in total. The molecule has 0 aliphatic rings. The van der Waals surface area contributed by atoms with Gasteiger partial charge in [0, 0.05) is 5.92 Å². The third-order valence-corrected chi connectivity index (χ3v) is 2.55. The Hall–Kier alpha value is -0.330. The predicted molar refractivity (Wildman–Crippen MR) is 51.3 cm³/mol. The second-order valence-corrected chi connectivity index (χ2v) is 4.12. The SMILES string of the molecule is C=[N+](C)C[C@@H](C)[C@@H](C)C(C)C. The largest absolute Gasteiger partial charge is 0.245 e. The van der Waals surface area contributed by atoms with Crippen molar-refractivity contribution in [2.45, 2.75) is 27.7 Å². The van der Waals surface area contributed by atoms with Gasteiger partial charge in [0.1, 0.15) is 20.3 Å². The lowest BCUT2D eigenvalue weighted by molar-refractivity contribution is -0.497. The lowest BCUT2D eigenvalue weighted by Gasteiger charge is -2.20. The van der Waals surface area contributed by atoms with Crippen LogP contribution >= 0.6 is 0 Å². The molecule has 0 aliphatic carbocycles. The molecule has 0 rings (SSSR count). The lowest BCUT2D eigenvalue weighted by Crippen LogP contribution is -2.22. The Morgan fingerprint density at radius 1 is 1.18 bits per heavy atom. The van der Waals surface area contributed by atoms with Gasteiger partial charge < -0.3 is 0 Å². The minimum Gasteiger partial charge on any atom is -0.245 e. The second-order valence-electron chi connectivity index (χ2n) is 4.12. The molecule has 0 aromatic heterocycles. The molecule has 0 aromatic rings. The molecule has 0 aliphatic heterocycles. The van der Waals surface area contributed by atoms with Crippen molar-refractivity contribution in [2.24, 2.45) is 17.8 Å². The van der Waals surface area contributed by atoms with Crippen LogP contribution in [0.1, 0.15) is 27.7 Å². The van der Waals surface area contributed by atoms with Crippen molar-refractivity contribution >= 4 is 6.72 Å². The van der Waals surface area contributed by atoms with Crippen LogP contribution in [0.3, 0.4) is 0 Å². The van der Waals surface area contributed by atoms with Gasteiger partial charge in [0.25, 0.3) is 0 Å². The van der Waals surface area contributed by atoms with E-state index in [1.165, 1.54) is 0 Å². The van der Waals surface area contributed by atoms with E-state index in [1.807, 2.05) is 11.6 Å². The minimum absolute atomic E-state index is 0.748. The molecular weight excluding hydrogens is 134 g/mol. The van der Waals surface area contributed by atoms with Crippen molar-refractivity contribution < 1.29 is 4.58 Å². The normalized spacial score (nSPS) is 16.5. The summed E-state index contributed by atoms with van der Waals surface area (Å²) >= 11 is 0. The van der Waals surface area contributed by atoms with Crippen LogP contribution in [-0.2, 0) is 0 Å². The van der Waals surface area contributed by atoms with Gasteiger partial charge >= 0.3 is 0 Å². The molecule has 0 heterocycles. The molecule has 1 heteroatoms. The summed E-state index contributed by atoms with van der Waals surface area (Å²) in [6.07, 6.45) is 0. The first-order valence-corrected chi connectivity index (χ1v) is 4.46. The Morgan fingerprint density at radius 2 is 1.64 bits per heavy atom. The molecule has 66 valence electrons. The number of nitrogens with zero attached hydrogens (tertiary/aromatic N) is 1. The highest BCUT2D eigenvalue weighted by molar-refractivity contribution is 5.14. The summed E-state index contributed by atoms with van der Waals surface area (Å²) < 4.78 is 2.02. The monoisotopic (exact) mass is 156 g/mol. The van der Waals surface area contributed by atoms with Gasteiger partial charge in [-0.15, -0.1) is 0 Å². The van der Waals surface area contributed by atoms with Crippen molar-refractivity contribution in [1.29, 1.82) is 0 Å². The summed E-state index contributed by atoms with van der Waals surface area (Å²) in [5, 5.41) is 0. The molecule has 0 aromatic carbocycles. The lowest BCUT2D eigenvalue weighted by atomic mass is 9.86. The maximum atomic E-state index is 3.85. The fraction of sp³-hybridized carbons (Fsp3) is 0.900. The Morgan fingerprint density at radius 3 is 1.91 bits per heavy atom. The average molecular weight is 156 g/mol. The Labute approximate surface area is 71.1 Å². The van der Waals surface area contributed by atoms with Crippen LogP contribution in [-0.4, -0.2) is 24.9 Å². The third-order valence-electron chi connectivity index (χ3n) is 2.55. The number of rotatable bonds is 4. The number of hydrogen-bond acceptors (Lipinski definition) is 0. The molecular formula is C10H22N+. The van der Waals surface area contributed by atoms with Crippen LogP contribution in [0.25, 0.3) is 0 Å². The summed E-state index contributed by atoms with van der Waals surface area (Å²) in [5.74, 6) is 2.32. The molecule has 0 N–H and O–H groups in total. The quantitative estimate of drug-likeness (QED) is 0.434. The van der Waals surface area contributed by atoms with Gasteiger partial charge in [-0.25, -0.2) is 4.58 Å². The summed E-state index contributed by atoms with van der Waals surface area (Å²) in [7, 11) is 2.03. The van der Waals surface area contributed by atoms with Gasteiger partial charge in [-0.05, 0) is 11.8 Å². The molecule has 11 heavy (non-hydrogen) atoms. The first-order valence-electron chi connectivity index (χ1n) is 4.46. The van der Waals surface area contributed by atoms with Gasteiger partial charge in [0.05, 0.1) is 0 Å². The van der Waals surface area contributed by atoms with Gasteiger partial charge in [-0.3, -0.25) is 0 Å². The van der Waals surface area contributed by atoms with Crippen LogP contribution in [0.2, 0.25) is 0 Å². The summed E-state index contributed by atoms with van der Waals surface area (Å²) in [4.78, 5) is 0. The molecule has 0 radical (unpaired) electrons. The Kier molecular flexibility index (Phi) is 4.39. The van der Waals surface area contributed by atoms with E-state index in [0.29, 0.717) is 0 Å². The summed E-state index contributed by atoms with van der Waals surface area (Å²) in [5.41, 5.74) is 0. The van der Waals surface area contributed by atoms with Gasteiger partial charge in [-0.1, -0.05) is 27.7 Å². The van der Waals surface area contributed by atoms with Crippen molar-refractivity contribution in [3.05, 3.63) is 0 Å².